The van der Waals surface area contributed by atoms with Crippen molar-refractivity contribution >= 4 is 0 Å². The van der Waals surface area contributed by atoms with E-state index in [1.165, 1.54) is 103 Å². The average Bonchev–Trinajstić information content (AvgIpc) is 3.12. The third kappa shape index (κ3) is 11.5. The number of hydrogen-bond donors (Lipinski definition) is 0. The van der Waals surface area contributed by atoms with Crippen molar-refractivity contribution in [3.05, 3.63) is 0 Å². The lowest BCUT2D eigenvalue weighted by Crippen LogP contribution is -2.19. The Labute approximate surface area is 152 Å². The SMILES string of the molecule is CCCCCCCCCCC(CCCCCCCC)C1CCOO1. The van der Waals surface area contributed by atoms with Gasteiger partial charge in [-0.25, -0.2) is 9.78 Å². The van der Waals surface area contributed by atoms with Crippen LogP contribution >= 0.6 is 0 Å². The molecule has 24 heavy (non-hydrogen) atoms. The maximum Gasteiger partial charge on any atom is 0.0981 e. The molecule has 0 radical (unpaired) electrons. The van der Waals surface area contributed by atoms with Gasteiger partial charge in [0, 0.05) is 6.42 Å². The van der Waals surface area contributed by atoms with Crippen LogP contribution in [0.4, 0.5) is 0 Å². The van der Waals surface area contributed by atoms with Gasteiger partial charge in [0.15, 0.2) is 0 Å². The maximum absolute atomic E-state index is 5.53. The fraction of sp³-hybridized carbons (Fsp3) is 1.00. The van der Waals surface area contributed by atoms with Gasteiger partial charge in [0.2, 0.25) is 0 Å². The molecular formula is C22H44O2. The molecule has 1 rings (SSSR count). The lowest BCUT2D eigenvalue weighted by atomic mass is 9.88. The summed E-state index contributed by atoms with van der Waals surface area (Å²) in [4.78, 5) is 10.7. The summed E-state index contributed by atoms with van der Waals surface area (Å²) in [5.41, 5.74) is 0. The van der Waals surface area contributed by atoms with Crippen molar-refractivity contribution in [1.82, 2.24) is 0 Å². The van der Waals surface area contributed by atoms with E-state index in [-0.39, 0.29) is 0 Å². The van der Waals surface area contributed by atoms with Crippen LogP contribution in [-0.4, -0.2) is 12.7 Å². The number of hydrogen-bond acceptors (Lipinski definition) is 2. The van der Waals surface area contributed by atoms with E-state index in [1.807, 2.05) is 0 Å². The summed E-state index contributed by atoms with van der Waals surface area (Å²) < 4.78 is 0. The van der Waals surface area contributed by atoms with Gasteiger partial charge >= 0.3 is 0 Å². The minimum Gasteiger partial charge on any atom is -0.236 e. The molecule has 1 heterocycles. The van der Waals surface area contributed by atoms with E-state index < -0.39 is 0 Å². The topological polar surface area (TPSA) is 18.5 Å². The van der Waals surface area contributed by atoms with Gasteiger partial charge < -0.3 is 0 Å². The molecule has 0 aromatic heterocycles. The number of rotatable bonds is 17. The van der Waals surface area contributed by atoms with E-state index in [0.29, 0.717) is 6.10 Å². The zero-order chi connectivity index (χ0) is 17.3. The molecule has 0 amide bonds. The summed E-state index contributed by atoms with van der Waals surface area (Å²) >= 11 is 0. The van der Waals surface area contributed by atoms with Gasteiger partial charge in [-0.15, -0.1) is 0 Å². The molecule has 0 aromatic carbocycles. The van der Waals surface area contributed by atoms with Crippen LogP contribution < -0.4 is 0 Å². The molecule has 0 spiro atoms. The Kier molecular flexibility index (Phi) is 15.0. The molecule has 1 aliphatic rings. The molecule has 0 N–H and O–H groups in total. The van der Waals surface area contributed by atoms with Crippen molar-refractivity contribution in [3.8, 4) is 0 Å². The van der Waals surface area contributed by atoms with Gasteiger partial charge in [-0.1, -0.05) is 104 Å². The largest absolute Gasteiger partial charge is 0.236 e. The molecule has 144 valence electrons. The third-order valence-corrected chi connectivity index (χ3v) is 5.56. The minimum atomic E-state index is 0.380. The summed E-state index contributed by atoms with van der Waals surface area (Å²) in [5.74, 6) is 0.735. The highest BCUT2D eigenvalue weighted by Crippen LogP contribution is 2.28. The summed E-state index contributed by atoms with van der Waals surface area (Å²) in [5, 5.41) is 0. The molecule has 0 saturated carbocycles. The smallest absolute Gasteiger partial charge is 0.0981 e. The Balaban J connectivity index is 2.06. The van der Waals surface area contributed by atoms with E-state index in [2.05, 4.69) is 13.8 Å². The fourth-order valence-electron chi connectivity index (χ4n) is 3.91. The molecular weight excluding hydrogens is 296 g/mol. The highest BCUT2D eigenvalue weighted by Gasteiger charge is 2.26. The van der Waals surface area contributed by atoms with Crippen molar-refractivity contribution < 1.29 is 9.78 Å². The Morgan fingerprint density at radius 3 is 1.54 bits per heavy atom. The van der Waals surface area contributed by atoms with Crippen molar-refractivity contribution in [3.63, 3.8) is 0 Å². The quantitative estimate of drug-likeness (QED) is 0.200. The van der Waals surface area contributed by atoms with Gasteiger partial charge in [-0.05, 0) is 18.8 Å². The summed E-state index contributed by atoms with van der Waals surface area (Å²) in [6, 6.07) is 0. The molecule has 0 aromatic rings. The predicted octanol–water partition coefficient (Wildman–Crippen LogP) is 7.60. The molecule has 1 aliphatic heterocycles. The first kappa shape index (κ1) is 22.0. The first-order chi connectivity index (χ1) is 11.9. The second-order valence-electron chi connectivity index (χ2n) is 7.83. The standard InChI is InChI=1S/C22H44O2/c1-3-5-7-9-11-12-14-16-18-21(22-19-20-23-24-22)17-15-13-10-8-6-4-2/h21-22H,3-20H2,1-2H3. The third-order valence-electron chi connectivity index (χ3n) is 5.56. The van der Waals surface area contributed by atoms with Gasteiger partial charge in [0.25, 0.3) is 0 Å². The molecule has 2 nitrogen and oxygen atoms in total. The van der Waals surface area contributed by atoms with Crippen molar-refractivity contribution in [2.24, 2.45) is 5.92 Å². The predicted molar refractivity (Wildman–Crippen MR) is 104 cm³/mol. The molecule has 1 saturated heterocycles. The second kappa shape index (κ2) is 16.4. The highest BCUT2D eigenvalue weighted by atomic mass is 17.2. The lowest BCUT2D eigenvalue weighted by Gasteiger charge is -2.21. The van der Waals surface area contributed by atoms with E-state index in [4.69, 9.17) is 9.78 Å². The Hall–Kier alpha value is -0.0800. The number of unbranched alkanes of at least 4 members (excludes halogenated alkanes) is 12. The van der Waals surface area contributed by atoms with Crippen LogP contribution in [-0.2, 0) is 9.78 Å². The van der Waals surface area contributed by atoms with Crippen LogP contribution in [0.1, 0.15) is 123 Å². The Morgan fingerprint density at radius 1 is 0.667 bits per heavy atom. The van der Waals surface area contributed by atoms with E-state index in [9.17, 15) is 0 Å². The van der Waals surface area contributed by atoms with Crippen LogP contribution in [0.5, 0.6) is 0 Å². The second-order valence-corrected chi connectivity index (χ2v) is 7.83. The van der Waals surface area contributed by atoms with E-state index in [1.54, 1.807) is 0 Å². The zero-order valence-electron chi connectivity index (χ0n) is 16.7. The summed E-state index contributed by atoms with van der Waals surface area (Å²) in [6.45, 7) is 5.38. The van der Waals surface area contributed by atoms with Crippen LogP contribution in [0, 0.1) is 5.92 Å². The first-order valence-corrected chi connectivity index (χ1v) is 11.2. The molecule has 2 unspecified atom stereocenters. The normalized spacial score (nSPS) is 19.0. The monoisotopic (exact) mass is 340 g/mol. The maximum atomic E-state index is 5.53. The summed E-state index contributed by atoms with van der Waals surface area (Å²) in [6.07, 6.45) is 23.8. The van der Waals surface area contributed by atoms with Crippen LogP contribution in [0.25, 0.3) is 0 Å². The van der Waals surface area contributed by atoms with Gasteiger partial charge in [0.1, 0.15) is 0 Å². The average molecular weight is 341 g/mol. The van der Waals surface area contributed by atoms with Crippen LogP contribution in [0.15, 0.2) is 0 Å². The van der Waals surface area contributed by atoms with Crippen molar-refractivity contribution in [1.29, 1.82) is 0 Å². The van der Waals surface area contributed by atoms with Gasteiger partial charge in [0.05, 0.1) is 12.7 Å². The molecule has 0 aliphatic carbocycles. The highest BCUT2D eigenvalue weighted by molar-refractivity contribution is 4.72. The fourth-order valence-corrected chi connectivity index (χ4v) is 3.91. The first-order valence-electron chi connectivity index (χ1n) is 11.2. The molecule has 2 heteroatoms. The molecule has 0 bridgehead atoms. The minimum absolute atomic E-state index is 0.380. The van der Waals surface area contributed by atoms with Crippen molar-refractivity contribution in [2.75, 3.05) is 6.61 Å². The zero-order valence-corrected chi connectivity index (χ0v) is 16.7. The van der Waals surface area contributed by atoms with Crippen molar-refractivity contribution in [2.45, 2.75) is 129 Å². The van der Waals surface area contributed by atoms with Crippen LogP contribution in [0.3, 0.4) is 0 Å². The van der Waals surface area contributed by atoms with E-state index >= 15 is 0 Å². The van der Waals surface area contributed by atoms with Gasteiger partial charge in [-0.3, -0.25) is 0 Å². The lowest BCUT2D eigenvalue weighted by molar-refractivity contribution is -0.283. The summed E-state index contributed by atoms with van der Waals surface area (Å²) in [7, 11) is 0. The van der Waals surface area contributed by atoms with E-state index in [0.717, 1.165) is 18.9 Å². The van der Waals surface area contributed by atoms with Crippen LogP contribution in [0.2, 0.25) is 0 Å². The Bertz CT molecular complexity index is 248. The van der Waals surface area contributed by atoms with Gasteiger partial charge in [-0.2, -0.15) is 0 Å². The molecule has 2 atom stereocenters. The molecule has 1 fully saturated rings. The Morgan fingerprint density at radius 2 is 1.12 bits per heavy atom.